The molecular weight excluding hydrogens is 280 g/mol. The van der Waals surface area contributed by atoms with Crippen molar-refractivity contribution in [3.8, 4) is 6.07 Å². The predicted octanol–water partition coefficient (Wildman–Crippen LogP) is 2.39. The molecule has 1 aliphatic rings. The first-order valence-electron chi connectivity index (χ1n) is 5.61. The SMILES string of the molecule is N#Cc1nc(C2CCCN2)n2cccc(Br)c12. The van der Waals surface area contributed by atoms with Gasteiger partial charge >= 0.3 is 0 Å². The van der Waals surface area contributed by atoms with E-state index in [0.29, 0.717) is 5.69 Å². The number of imidazole rings is 1. The van der Waals surface area contributed by atoms with Crippen molar-refractivity contribution >= 4 is 21.4 Å². The van der Waals surface area contributed by atoms with E-state index in [-0.39, 0.29) is 6.04 Å². The van der Waals surface area contributed by atoms with Gasteiger partial charge in [-0.1, -0.05) is 0 Å². The van der Waals surface area contributed by atoms with Crippen molar-refractivity contribution in [1.82, 2.24) is 14.7 Å². The molecule has 1 aliphatic heterocycles. The Morgan fingerprint density at radius 1 is 1.59 bits per heavy atom. The lowest BCUT2D eigenvalue weighted by Crippen LogP contribution is -2.15. The lowest BCUT2D eigenvalue weighted by Gasteiger charge is -2.08. The molecule has 5 heteroatoms. The summed E-state index contributed by atoms with van der Waals surface area (Å²) >= 11 is 3.48. The highest BCUT2D eigenvalue weighted by Gasteiger charge is 2.23. The molecule has 86 valence electrons. The number of hydrogen-bond donors (Lipinski definition) is 1. The average molecular weight is 291 g/mol. The van der Waals surface area contributed by atoms with E-state index in [1.54, 1.807) is 0 Å². The lowest BCUT2D eigenvalue weighted by molar-refractivity contribution is 0.602. The smallest absolute Gasteiger partial charge is 0.167 e. The van der Waals surface area contributed by atoms with E-state index in [1.807, 2.05) is 22.7 Å². The number of nitrogens with zero attached hydrogens (tertiary/aromatic N) is 3. The van der Waals surface area contributed by atoms with Crippen LogP contribution in [0.3, 0.4) is 0 Å². The van der Waals surface area contributed by atoms with Crippen LogP contribution < -0.4 is 5.32 Å². The number of rotatable bonds is 1. The number of nitriles is 1. The number of halogens is 1. The molecule has 1 saturated heterocycles. The highest BCUT2D eigenvalue weighted by atomic mass is 79.9. The number of nitrogens with one attached hydrogen (secondary N) is 1. The highest BCUT2D eigenvalue weighted by Crippen LogP contribution is 2.28. The van der Waals surface area contributed by atoms with Crippen LogP contribution in [0.5, 0.6) is 0 Å². The zero-order chi connectivity index (χ0) is 11.8. The maximum absolute atomic E-state index is 9.15. The summed E-state index contributed by atoms with van der Waals surface area (Å²) < 4.78 is 2.92. The van der Waals surface area contributed by atoms with E-state index in [2.05, 4.69) is 32.3 Å². The summed E-state index contributed by atoms with van der Waals surface area (Å²) in [7, 11) is 0. The van der Waals surface area contributed by atoms with E-state index in [1.165, 1.54) is 0 Å². The normalized spacial score (nSPS) is 19.6. The fourth-order valence-corrected chi connectivity index (χ4v) is 2.88. The van der Waals surface area contributed by atoms with Crippen LogP contribution in [0.4, 0.5) is 0 Å². The summed E-state index contributed by atoms with van der Waals surface area (Å²) in [4.78, 5) is 4.46. The van der Waals surface area contributed by atoms with Crippen molar-refractivity contribution in [3.63, 3.8) is 0 Å². The molecule has 1 atom stereocenters. The first-order chi connectivity index (χ1) is 8.31. The van der Waals surface area contributed by atoms with Gasteiger partial charge < -0.3 is 9.72 Å². The predicted molar refractivity (Wildman–Crippen MR) is 67.6 cm³/mol. The molecule has 1 fully saturated rings. The van der Waals surface area contributed by atoms with Crippen LogP contribution in [-0.2, 0) is 0 Å². The van der Waals surface area contributed by atoms with Gasteiger partial charge in [-0.05, 0) is 47.4 Å². The van der Waals surface area contributed by atoms with Gasteiger partial charge in [0.25, 0.3) is 0 Å². The second-order valence-corrected chi connectivity index (χ2v) is 5.01. The quantitative estimate of drug-likeness (QED) is 0.877. The molecule has 2 aromatic rings. The van der Waals surface area contributed by atoms with Crippen LogP contribution >= 0.6 is 15.9 Å². The third-order valence-electron chi connectivity index (χ3n) is 3.12. The summed E-state index contributed by atoms with van der Waals surface area (Å²) in [6.07, 6.45) is 4.20. The van der Waals surface area contributed by atoms with Crippen LogP contribution in [0.15, 0.2) is 22.8 Å². The summed E-state index contributed by atoms with van der Waals surface area (Å²) in [5.74, 6) is 0.940. The van der Waals surface area contributed by atoms with Crippen molar-refractivity contribution in [2.75, 3.05) is 6.54 Å². The van der Waals surface area contributed by atoms with Crippen molar-refractivity contribution in [1.29, 1.82) is 5.26 Å². The van der Waals surface area contributed by atoms with Crippen molar-refractivity contribution in [3.05, 3.63) is 34.3 Å². The Kier molecular flexibility index (Phi) is 2.61. The molecule has 0 radical (unpaired) electrons. The van der Waals surface area contributed by atoms with E-state index in [9.17, 15) is 0 Å². The third kappa shape index (κ3) is 1.65. The number of aromatic nitrogens is 2. The Bertz CT molecular complexity index is 605. The number of fused-ring (bicyclic) bond motifs is 1. The highest BCUT2D eigenvalue weighted by molar-refractivity contribution is 9.10. The molecule has 1 unspecified atom stereocenters. The Morgan fingerprint density at radius 2 is 2.47 bits per heavy atom. The van der Waals surface area contributed by atoms with Crippen molar-refractivity contribution in [2.24, 2.45) is 0 Å². The maximum Gasteiger partial charge on any atom is 0.167 e. The Balaban J connectivity index is 2.26. The van der Waals surface area contributed by atoms with E-state index < -0.39 is 0 Å². The molecule has 0 spiro atoms. The summed E-state index contributed by atoms with van der Waals surface area (Å²) in [6.45, 7) is 1.02. The molecule has 0 amide bonds. The molecule has 0 saturated carbocycles. The van der Waals surface area contributed by atoms with Crippen LogP contribution in [0, 0.1) is 11.3 Å². The fraction of sp³-hybridized carbons (Fsp3) is 0.333. The molecule has 0 aromatic carbocycles. The average Bonchev–Trinajstić information content (AvgIpc) is 2.95. The van der Waals surface area contributed by atoms with Gasteiger partial charge in [-0.3, -0.25) is 0 Å². The molecule has 0 bridgehead atoms. The molecule has 3 heterocycles. The molecule has 17 heavy (non-hydrogen) atoms. The standard InChI is InChI=1S/C12H11BrN4/c13-8-3-2-6-17-11(8)10(7-14)16-12(17)9-4-1-5-15-9/h2-3,6,9,15H,1,4-5H2. The van der Waals surface area contributed by atoms with Gasteiger partial charge in [-0.15, -0.1) is 0 Å². The summed E-state index contributed by atoms with van der Waals surface area (Å²) in [5, 5.41) is 12.6. The molecular formula is C12H11BrN4. The first kappa shape index (κ1) is 10.8. The van der Waals surface area contributed by atoms with Gasteiger partial charge in [0.2, 0.25) is 0 Å². The van der Waals surface area contributed by atoms with Gasteiger partial charge in [0.1, 0.15) is 11.9 Å². The Labute approximate surface area is 107 Å². The minimum absolute atomic E-state index is 0.263. The molecule has 2 aromatic heterocycles. The lowest BCUT2D eigenvalue weighted by atomic mass is 10.2. The zero-order valence-corrected chi connectivity index (χ0v) is 10.7. The van der Waals surface area contributed by atoms with Crippen LogP contribution in [0.25, 0.3) is 5.52 Å². The minimum atomic E-state index is 0.263. The number of pyridine rings is 1. The number of hydrogen-bond acceptors (Lipinski definition) is 3. The molecule has 4 nitrogen and oxygen atoms in total. The summed E-state index contributed by atoms with van der Waals surface area (Å²) in [5.41, 5.74) is 1.35. The largest absolute Gasteiger partial charge is 0.307 e. The zero-order valence-electron chi connectivity index (χ0n) is 9.15. The van der Waals surface area contributed by atoms with Gasteiger partial charge in [0.05, 0.1) is 11.6 Å². The minimum Gasteiger partial charge on any atom is -0.307 e. The van der Waals surface area contributed by atoms with Gasteiger partial charge in [-0.2, -0.15) is 5.26 Å². The molecule has 0 aliphatic carbocycles. The van der Waals surface area contributed by atoms with Crippen LogP contribution in [-0.4, -0.2) is 15.9 Å². The monoisotopic (exact) mass is 290 g/mol. The van der Waals surface area contributed by atoms with Crippen molar-refractivity contribution in [2.45, 2.75) is 18.9 Å². The van der Waals surface area contributed by atoms with E-state index in [4.69, 9.17) is 5.26 Å². The van der Waals surface area contributed by atoms with Gasteiger partial charge in [0.15, 0.2) is 5.69 Å². The molecule has 1 N–H and O–H groups in total. The Morgan fingerprint density at radius 3 is 3.18 bits per heavy atom. The topological polar surface area (TPSA) is 53.1 Å². The third-order valence-corrected chi connectivity index (χ3v) is 3.76. The van der Waals surface area contributed by atoms with Crippen LogP contribution in [0.1, 0.15) is 30.4 Å². The van der Waals surface area contributed by atoms with Gasteiger partial charge in [-0.25, -0.2) is 4.98 Å². The van der Waals surface area contributed by atoms with Crippen LogP contribution in [0.2, 0.25) is 0 Å². The second-order valence-electron chi connectivity index (χ2n) is 4.15. The van der Waals surface area contributed by atoms with E-state index in [0.717, 1.165) is 35.2 Å². The fourth-order valence-electron chi connectivity index (χ4n) is 2.35. The second kappa shape index (κ2) is 4.13. The van der Waals surface area contributed by atoms with E-state index >= 15 is 0 Å². The first-order valence-corrected chi connectivity index (χ1v) is 6.40. The summed E-state index contributed by atoms with van der Waals surface area (Å²) in [6, 6.07) is 6.32. The Hall–Kier alpha value is -1.38. The van der Waals surface area contributed by atoms with Crippen molar-refractivity contribution < 1.29 is 0 Å². The maximum atomic E-state index is 9.15. The molecule has 3 rings (SSSR count). The van der Waals surface area contributed by atoms with Gasteiger partial charge in [0, 0.05) is 10.7 Å².